The van der Waals surface area contributed by atoms with Crippen molar-refractivity contribution >= 4 is 5.91 Å². The highest BCUT2D eigenvalue weighted by Gasteiger charge is 2.11. The Hall–Kier alpha value is -2.14. The molecule has 1 fully saturated rings. The molecule has 2 heterocycles. The van der Waals surface area contributed by atoms with Crippen molar-refractivity contribution < 1.29 is 4.79 Å². The number of hydrogen-bond acceptors (Lipinski definition) is 3. The number of carbonyl (C=O) groups excluding carboxylic acids is 1. The minimum absolute atomic E-state index is 0.0170. The Kier molecular flexibility index (Phi) is 6.63. The van der Waals surface area contributed by atoms with E-state index in [1.54, 1.807) is 12.5 Å². The molecule has 0 aliphatic carbocycles. The Bertz CT molecular complexity index is 645. The Morgan fingerprint density at radius 1 is 1.16 bits per heavy atom. The van der Waals surface area contributed by atoms with E-state index in [0.717, 1.165) is 25.1 Å². The van der Waals surface area contributed by atoms with E-state index in [4.69, 9.17) is 0 Å². The van der Waals surface area contributed by atoms with Gasteiger partial charge in [-0.05, 0) is 50.0 Å². The molecule has 1 saturated heterocycles. The Labute approximate surface area is 150 Å². The van der Waals surface area contributed by atoms with Gasteiger partial charge in [-0.25, -0.2) is 4.98 Å². The minimum Gasteiger partial charge on any atom is -0.352 e. The zero-order valence-electron chi connectivity index (χ0n) is 14.9. The van der Waals surface area contributed by atoms with Crippen LogP contribution < -0.4 is 5.32 Å². The van der Waals surface area contributed by atoms with Gasteiger partial charge in [0.2, 0.25) is 0 Å². The standard InChI is InChI=1S/C20H28N4O/c25-20(22-9-6-13-24-14-10-21-17-24)19-8-5-7-18(15-19)16-23-11-3-1-2-4-12-23/h5,7-8,10,14-15,17H,1-4,6,9,11-13,16H2,(H,22,25). The molecule has 25 heavy (non-hydrogen) atoms. The van der Waals surface area contributed by atoms with Crippen molar-refractivity contribution in [1.82, 2.24) is 19.8 Å². The number of benzene rings is 1. The second-order valence-corrected chi connectivity index (χ2v) is 6.80. The van der Waals surface area contributed by atoms with E-state index >= 15 is 0 Å². The first-order valence-corrected chi connectivity index (χ1v) is 9.36. The molecular formula is C20H28N4O. The lowest BCUT2D eigenvalue weighted by molar-refractivity contribution is 0.0952. The van der Waals surface area contributed by atoms with Crippen LogP contribution >= 0.6 is 0 Å². The van der Waals surface area contributed by atoms with Gasteiger partial charge in [0.1, 0.15) is 0 Å². The van der Waals surface area contributed by atoms with Crippen LogP contribution in [0.4, 0.5) is 0 Å². The molecule has 1 aliphatic heterocycles. The average molecular weight is 340 g/mol. The fourth-order valence-electron chi connectivity index (χ4n) is 3.35. The number of hydrogen-bond donors (Lipinski definition) is 1. The van der Waals surface area contributed by atoms with E-state index in [-0.39, 0.29) is 5.91 Å². The molecule has 0 unspecified atom stereocenters. The maximum atomic E-state index is 12.4. The average Bonchev–Trinajstić information content (AvgIpc) is 3.02. The topological polar surface area (TPSA) is 50.2 Å². The van der Waals surface area contributed by atoms with Crippen molar-refractivity contribution in [3.05, 3.63) is 54.1 Å². The van der Waals surface area contributed by atoms with Crippen LogP contribution in [0.5, 0.6) is 0 Å². The Morgan fingerprint density at radius 3 is 2.76 bits per heavy atom. The summed E-state index contributed by atoms with van der Waals surface area (Å²) in [5, 5.41) is 3.02. The molecule has 0 spiro atoms. The number of imidazole rings is 1. The van der Waals surface area contributed by atoms with Gasteiger partial charge in [-0.15, -0.1) is 0 Å². The third kappa shape index (κ3) is 5.71. The second-order valence-electron chi connectivity index (χ2n) is 6.80. The number of carbonyl (C=O) groups is 1. The number of nitrogens with zero attached hydrogens (tertiary/aromatic N) is 3. The lowest BCUT2D eigenvalue weighted by Crippen LogP contribution is -2.26. The number of amides is 1. The number of aromatic nitrogens is 2. The monoisotopic (exact) mass is 340 g/mol. The van der Waals surface area contributed by atoms with Gasteiger partial charge in [-0.3, -0.25) is 9.69 Å². The van der Waals surface area contributed by atoms with E-state index in [9.17, 15) is 4.79 Å². The van der Waals surface area contributed by atoms with Crippen LogP contribution in [0.2, 0.25) is 0 Å². The first-order valence-electron chi connectivity index (χ1n) is 9.36. The fraction of sp³-hybridized carbons (Fsp3) is 0.500. The van der Waals surface area contributed by atoms with Gasteiger partial charge in [0, 0.05) is 37.6 Å². The molecule has 1 aromatic carbocycles. The maximum absolute atomic E-state index is 12.4. The van der Waals surface area contributed by atoms with E-state index in [1.165, 1.54) is 44.3 Å². The number of nitrogens with one attached hydrogen (secondary N) is 1. The molecular weight excluding hydrogens is 312 g/mol. The molecule has 0 bridgehead atoms. The van der Waals surface area contributed by atoms with Crippen molar-refractivity contribution in [2.24, 2.45) is 0 Å². The molecule has 3 rings (SSSR count). The molecule has 5 nitrogen and oxygen atoms in total. The van der Waals surface area contributed by atoms with Gasteiger partial charge in [0.05, 0.1) is 6.33 Å². The minimum atomic E-state index is 0.0170. The second kappa shape index (κ2) is 9.37. The normalized spacial score (nSPS) is 15.7. The van der Waals surface area contributed by atoms with Gasteiger partial charge in [-0.1, -0.05) is 25.0 Å². The van der Waals surface area contributed by atoms with Gasteiger partial charge < -0.3 is 9.88 Å². The summed E-state index contributed by atoms with van der Waals surface area (Å²) >= 11 is 0. The summed E-state index contributed by atoms with van der Waals surface area (Å²) in [4.78, 5) is 18.9. The summed E-state index contributed by atoms with van der Waals surface area (Å²) in [5.41, 5.74) is 1.99. The van der Waals surface area contributed by atoms with Gasteiger partial charge in [0.25, 0.3) is 5.91 Å². The van der Waals surface area contributed by atoms with Crippen LogP contribution in [0.3, 0.4) is 0 Å². The number of likely N-dealkylation sites (tertiary alicyclic amines) is 1. The van der Waals surface area contributed by atoms with Gasteiger partial charge in [-0.2, -0.15) is 0 Å². The highest BCUT2D eigenvalue weighted by molar-refractivity contribution is 5.94. The third-order valence-corrected chi connectivity index (χ3v) is 4.73. The van der Waals surface area contributed by atoms with E-state index in [2.05, 4.69) is 21.3 Å². The summed E-state index contributed by atoms with van der Waals surface area (Å²) in [5.74, 6) is 0.0170. The molecule has 0 radical (unpaired) electrons. The van der Waals surface area contributed by atoms with Crippen LogP contribution in [0, 0.1) is 0 Å². The maximum Gasteiger partial charge on any atom is 0.251 e. The largest absolute Gasteiger partial charge is 0.352 e. The first kappa shape index (κ1) is 17.7. The summed E-state index contributed by atoms with van der Waals surface area (Å²) in [6, 6.07) is 8.06. The van der Waals surface area contributed by atoms with E-state index in [1.807, 2.05) is 29.0 Å². The summed E-state index contributed by atoms with van der Waals surface area (Å²) < 4.78 is 2.02. The van der Waals surface area contributed by atoms with E-state index in [0.29, 0.717) is 6.54 Å². The first-order chi connectivity index (χ1) is 12.3. The molecule has 1 amide bonds. The van der Waals surface area contributed by atoms with Crippen molar-refractivity contribution in [3.8, 4) is 0 Å². The number of rotatable bonds is 7. The van der Waals surface area contributed by atoms with Crippen molar-refractivity contribution in [1.29, 1.82) is 0 Å². The SMILES string of the molecule is O=C(NCCCn1ccnc1)c1cccc(CN2CCCCCC2)c1. The third-order valence-electron chi connectivity index (χ3n) is 4.73. The highest BCUT2D eigenvalue weighted by atomic mass is 16.1. The lowest BCUT2D eigenvalue weighted by Gasteiger charge is -2.20. The molecule has 5 heteroatoms. The zero-order chi connectivity index (χ0) is 17.3. The van der Waals surface area contributed by atoms with Crippen LogP contribution in [0.1, 0.15) is 48.0 Å². The predicted octanol–water partition coefficient (Wildman–Crippen LogP) is 3.08. The van der Waals surface area contributed by atoms with Crippen LogP contribution in [0.15, 0.2) is 43.0 Å². The van der Waals surface area contributed by atoms with Gasteiger partial charge >= 0.3 is 0 Å². The van der Waals surface area contributed by atoms with Crippen LogP contribution in [0.25, 0.3) is 0 Å². The van der Waals surface area contributed by atoms with Gasteiger partial charge in [0.15, 0.2) is 0 Å². The molecule has 1 aliphatic rings. The molecule has 1 aromatic heterocycles. The predicted molar refractivity (Wildman–Crippen MR) is 99.4 cm³/mol. The summed E-state index contributed by atoms with van der Waals surface area (Å²) in [6.45, 7) is 4.83. The molecule has 0 saturated carbocycles. The molecule has 0 atom stereocenters. The summed E-state index contributed by atoms with van der Waals surface area (Å²) in [7, 11) is 0. The smallest absolute Gasteiger partial charge is 0.251 e. The summed E-state index contributed by atoms with van der Waals surface area (Å²) in [6.07, 6.45) is 11.7. The molecule has 1 N–H and O–H groups in total. The molecule has 134 valence electrons. The highest BCUT2D eigenvalue weighted by Crippen LogP contribution is 2.14. The fourth-order valence-corrected chi connectivity index (χ4v) is 3.35. The van der Waals surface area contributed by atoms with Crippen molar-refractivity contribution in [3.63, 3.8) is 0 Å². The zero-order valence-corrected chi connectivity index (χ0v) is 14.9. The number of aryl methyl sites for hydroxylation is 1. The van der Waals surface area contributed by atoms with E-state index < -0.39 is 0 Å². The Balaban J connectivity index is 1.47. The van der Waals surface area contributed by atoms with Crippen molar-refractivity contribution in [2.75, 3.05) is 19.6 Å². The quantitative estimate of drug-likeness (QED) is 0.788. The Morgan fingerprint density at radius 2 is 2.00 bits per heavy atom. The van der Waals surface area contributed by atoms with Crippen molar-refractivity contribution in [2.45, 2.75) is 45.2 Å². The lowest BCUT2D eigenvalue weighted by atomic mass is 10.1. The molecule has 2 aromatic rings. The van der Waals surface area contributed by atoms with Crippen LogP contribution in [-0.2, 0) is 13.1 Å². The van der Waals surface area contributed by atoms with Crippen LogP contribution in [-0.4, -0.2) is 40.0 Å².